The predicted octanol–water partition coefficient (Wildman–Crippen LogP) is 3.52. The van der Waals surface area contributed by atoms with Gasteiger partial charge in [-0.1, -0.05) is 28.1 Å². The van der Waals surface area contributed by atoms with E-state index in [-0.39, 0.29) is 17.0 Å². The molecule has 21 heavy (non-hydrogen) atoms. The minimum Gasteiger partial charge on any atom is -0.507 e. The summed E-state index contributed by atoms with van der Waals surface area (Å²) in [5.41, 5.74) is 0.974. The molecular formula is C14H10BrN3O3. The maximum Gasteiger partial charge on any atom is 0.270 e. The van der Waals surface area contributed by atoms with Crippen LogP contribution in [0.1, 0.15) is 11.1 Å². The SMILES string of the molecule is O=[N+]([O-])c1ccc(O)c(C=NN=Cc2ccc(Br)cc2)c1. The molecule has 106 valence electrons. The number of hydrogen-bond donors (Lipinski definition) is 1. The third-order valence-electron chi connectivity index (χ3n) is 2.56. The molecular weight excluding hydrogens is 338 g/mol. The minimum absolute atomic E-state index is 0.0943. The molecule has 0 unspecified atom stereocenters. The maximum absolute atomic E-state index is 10.7. The van der Waals surface area contributed by atoms with Gasteiger partial charge in [0.15, 0.2) is 0 Å². The van der Waals surface area contributed by atoms with Gasteiger partial charge in [0.1, 0.15) is 5.75 Å². The molecule has 0 aromatic heterocycles. The van der Waals surface area contributed by atoms with E-state index in [1.165, 1.54) is 30.6 Å². The zero-order valence-electron chi connectivity index (χ0n) is 10.7. The Morgan fingerprint density at radius 2 is 1.76 bits per heavy atom. The zero-order valence-corrected chi connectivity index (χ0v) is 12.3. The summed E-state index contributed by atoms with van der Waals surface area (Å²) in [5, 5.41) is 27.8. The molecule has 7 heteroatoms. The molecule has 0 atom stereocenters. The van der Waals surface area contributed by atoms with Gasteiger partial charge in [-0.2, -0.15) is 10.2 Å². The van der Waals surface area contributed by atoms with Gasteiger partial charge in [0.2, 0.25) is 0 Å². The van der Waals surface area contributed by atoms with Gasteiger partial charge in [0, 0.05) is 22.2 Å². The molecule has 6 nitrogen and oxygen atoms in total. The Balaban J connectivity index is 2.12. The van der Waals surface area contributed by atoms with Crippen molar-refractivity contribution in [1.82, 2.24) is 0 Å². The molecule has 0 saturated carbocycles. The fourth-order valence-electron chi connectivity index (χ4n) is 1.50. The van der Waals surface area contributed by atoms with Crippen molar-refractivity contribution < 1.29 is 10.0 Å². The molecule has 0 spiro atoms. The second-order valence-corrected chi connectivity index (χ2v) is 4.96. The van der Waals surface area contributed by atoms with Gasteiger partial charge in [0.05, 0.1) is 17.4 Å². The summed E-state index contributed by atoms with van der Waals surface area (Å²) in [6.07, 6.45) is 2.80. The zero-order chi connectivity index (χ0) is 15.2. The van der Waals surface area contributed by atoms with Crippen LogP contribution in [0.15, 0.2) is 57.1 Å². The van der Waals surface area contributed by atoms with Crippen LogP contribution in [0.25, 0.3) is 0 Å². The van der Waals surface area contributed by atoms with Crippen molar-refractivity contribution in [2.75, 3.05) is 0 Å². The molecule has 2 rings (SSSR count). The van der Waals surface area contributed by atoms with Crippen molar-refractivity contribution >= 4 is 34.0 Å². The number of phenols is 1. The van der Waals surface area contributed by atoms with E-state index in [4.69, 9.17) is 0 Å². The average molecular weight is 348 g/mol. The summed E-state index contributed by atoms with van der Waals surface area (Å²) in [6, 6.07) is 11.2. The highest BCUT2D eigenvalue weighted by molar-refractivity contribution is 9.10. The third kappa shape index (κ3) is 4.22. The number of rotatable bonds is 4. The molecule has 0 aliphatic carbocycles. The van der Waals surface area contributed by atoms with E-state index in [2.05, 4.69) is 26.1 Å². The fourth-order valence-corrected chi connectivity index (χ4v) is 1.77. The minimum atomic E-state index is -0.540. The van der Waals surface area contributed by atoms with Crippen molar-refractivity contribution in [2.45, 2.75) is 0 Å². The Labute approximate surface area is 128 Å². The largest absolute Gasteiger partial charge is 0.507 e. The molecule has 0 heterocycles. The lowest BCUT2D eigenvalue weighted by atomic mass is 10.2. The lowest BCUT2D eigenvalue weighted by molar-refractivity contribution is -0.384. The Bertz CT molecular complexity index is 712. The van der Waals surface area contributed by atoms with Gasteiger partial charge >= 0.3 is 0 Å². The lowest BCUT2D eigenvalue weighted by Crippen LogP contribution is -1.90. The first-order valence-corrected chi connectivity index (χ1v) is 6.65. The first-order chi connectivity index (χ1) is 10.1. The first kappa shape index (κ1) is 14.9. The maximum atomic E-state index is 10.7. The van der Waals surface area contributed by atoms with Crippen LogP contribution in [-0.2, 0) is 0 Å². The van der Waals surface area contributed by atoms with Crippen molar-refractivity contribution in [1.29, 1.82) is 0 Å². The van der Waals surface area contributed by atoms with Crippen LogP contribution in [-0.4, -0.2) is 22.5 Å². The van der Waals surface area contributed by atoms with E-state index in [1.807, 2.05) is 24.3 Å². The smallest absolute Gasteiger partial charge is 0.270 e. The molecule has 0 saturated heterocycles. The highest BCUT2D eigenvalue weighted by Crippen LogP contribution is 2.21. The molecule has 0 bridgehead atoms. The Morgan fingerprint density at radius 3 is 2.43 bits per heavy atom. The second-order valence-electron chi connectivity index (χ2n) is 4.04. The highest BCUT2D eigenvalue weighted by Gasteiger charge is 2.08. The highest BCUT2D eigenvalue weighted by atomic mass is 79.9. The van der Waals surface area contributed by atoms with Gasteiger partial charge in [-0.3, -0.25) is 10.1 Å². The quantitative estimate of drug-likeness (QED) is 0.521. The molecule has 2 aromatic carbocycles. The van der Waals surface area contributed by atoms with Gasteiger partial charge in [0.25, 0.3) is 5.69 Å². The third-order valence-corrected chi connectivity index (χ3v) is 3.09. The van der Waals surface area contributed by atoms with Crippen LogP contribution >= 0.6 is 15.9 Å². The predicted molar refractivity (Wildman–Crippen MR) is 84.1 cm³/mol. The molecule has 0 radical (unpaired) electrons. The van der Waals surface area contributed by atoms with Crippen molar-refractivity contribution in [3.63, 3.8) is 0 Å². The number of phenolic OH excluding ortho intramolecular Hbond substituents is 1. The summed E-state index contributed by atoms with van der Waals surface area (Å²) in [4.78, 5) is 10.1. The molecule has 0 aliphatic heterocycles. The molecule has 0 amide bonds. The number of nitrogens with zero attached hydrogens (tertiary/aromatic N) is 3. The average Bonchev–Trinajstić information content (AvgIpc) is 2.47. The number of aromatic hydroxyl groups is 1. The summed E-state index contributed by atoms with van der Waals surface area (Å²) < 4.78 is 0.963. The monoisotopic (exact) mass is 347 g/mol. The molecule has 1 N–H and O–H groups in total. The lowest BCUT2D eigenvalue weighted by Gasteiger charge is -1.97. The number of nitro benzene ring substituents is 1. The summed E-state index contributed by atoms with van der Waals surface area (Å²) in [7, 11) is 0. The van der Waals surface area contributed by atoms with Crippen molar-refractivity contribution in [3.8, 4) is 5.75 Å². The van der Waals surface area contributed by atoms with E-state index >= 15 is 0 Å². The molecule has 2 aromatic rings. The Morgan fingerprint density at radius 1 is 1.10 bits per heavy atom. The number of benzene rings is 2. The summed E-state index contributed by atoms with van der Waals surface area (Å²) in [6.45, 7) is 0. The van der Waals surface area contributed by atoms with Gasteiger partial charge < -0.3 is 5.11 Å². The van der Waals surface area contributed by atoms with E-state index in [0.29, 0.717) is 0 Å². The molecule has 0 aliphatic rings. The number of halogens is 1. The van der Waals surface area contributed by atoms with Crippen LogP contribution in [0, 0.1) is 10.1 Å². The normalized spacial score (nSPS) is 11.3. The van der Waals surface area contributed by atoms with Crippen LogP contribution in [0.2, 0.25) is 0 Å². The first-order valence-electron chi connectivity index (χ1n) is 5.85. The van der Waals surface area contributed by atoms with Crippen molar-refractivity contribution in [2.24, 2.45) is 10.2 Å². The standard InChI is InChI=1S/C14H10BrN3O3/c15-12-3-1-10(2-4-12)8-16-17-9-11-7-13(18(20)21)5-6-14(11)19/h1-9,19H. The summed E-state index contributed by atoms with van der Waals surface area (Å²) >= 11 is 3.33. The fraction of sp³-hybridized carbons (Fsp3) is 0. The van der Waals surface area contributed by atoms with Gasteiger partial charge in [-0.15, -0.1) is 0 Å². The van der Waals surface area contributed by atoms with E-state index in [0.717, 1.165) is 10.0 Å². The van der Waals surface area contributed by atoms with E-state index < -0.39 is 4.92 Å². The van der Waals surface area contributed by atoms with E-state index in [9.17, 15) is 15.2 Å². The Hall–Kier alpha value is -2.54. The van der Waals surface area contributed by atoms with Crippen LogP contribution < -0.4 is 0 Å². The van der Waals surface area contributed by atoms with Crippen LogP contribution in [0.4, 0.5) is 5.69 Å². The Kier molecular flexibility index (Phi) is 4.78. The van der Waals surface area contributed by atoms with Gasteiger partial charge in [-0.25, -0.2) is 0 Å². The number of nitro groups is 1. The topological polar surface area (TPSA) is 88.1 Å². The van der Waals surface area contributed by atoms with Crippen LogP contribution in [0.3, 0.4) is 0 Å². The van der Waals surface area contributed by atoms with Gasteiger partial charge in [-0.05, 0) is 23.8 Å². The van der Waals surface area contributed by atoms with Crippen molar-refractivity contribution in [3.05, 3.63) is 68.2 Å². The number of non-ortho nitro benzene ring substituents is 1. The molecule has 0 fully saturated rings. The summed E-state index contributed by atoms with van der Waals surface area (Å²) in [5.74, 6) is -0.0943. The number of hydrogen-bond acceptors (Lipinski definition) is 5. The van der Waals surface area contributed by atoms with Crippen LogP contribution in [0.5, 0.6) is 5.75 Å². The second kappa shape index (κ2) is 6.76. The van der Waals surface area contributed by atoms with E-state index in [1.54, 1.807) is 0 Å².